The largest absolute Gasteiger partial charge is 0.454 e. The Bertz CT molecular complexity index is 630. The Labute approximate surface area is 102 Å². The van der Waals surface area contributed by atoms with Gasteiger partial charge in [-0.1, -0.05) is 6.07 Å². The van der Waals surface area contributed by atoms with Crippen LogP contribution in [0.2, 0.25) is 0 Å². The van der Waals surface area contributed by atoms with Crippen molar-refractivity contribution in [2.24, 2.45) is 0 Å². The van der Waals surface area contributed by atoms with Crippen LogP contribution in [0.4, 0.5) is 0 Å². The monoisotopic (exact) mass is 243 g/mol. The van der Waals surface area contributed by atoms with Crippen molar-refractivity contribution < 1.29 is 19.1 Å². The molecule has 0 unspecified atom stereocenters. The van der Waals surface area contributed by atoms with Crippen molar-refractivity contribution in [2.45, 2.75) is 0 Å². The lowest BCUT2D eigenvalue weighted by Gasteiger charge is -2.01. The smallest absolute Gasteiger partial charge is 0.231 e. The maximum Gasteiger partial charge on any atom is 0.231 e. The molecule has 0 atom stereocenters. The normalized spacial score (nSPS) is 12.4. The van der Waals surface area contributed by atoms with Gasteiger partial charge in [0, 0.05) is 11.8 Å². The van der Waals surface area contributed by atoms with Gasteiger partial charge in [-0.25, -0.2) is 0 Å². The fourth-order valence-corrected chi connectivity index (χ4v) is 1.98. The molecule has 5 heteroatoms. The molecule has 0 radical (unpaired) electrons. The van der Waals surface area contributed by atoms with Crippen molar-refractivity contribution in [3.8, 4) is 22.6 Å². The van der Waals surface area contributed by atoms with E-state index in [0.29, 0.717) is 35.2 Å². The zero-order chi connectivity index (χ0) is 12.5. The molecule has 5 nitrogen and oxygen atoms in total. The van der Waals surface area contributed by atoms with E-state index in [1.807, 2.05) is 6.07 Å². The van der Waals surface area contributed by atoms with E-state index in [1.165, 1.54) is 0 Å². The van der Waals surface area contributed by atoms with Crippen molar-refractivity contribution >= 4 is 12.6 Å². The number of H-pyrrole nitrogens is 1. The predicted octanol–water partition coefficient (Wildman–Crippen LogP) is 2.04. The zero-order valence-electron chi connectivity index (χ0n) is 9.30. The van der Waals surface area contributed by atoms with Gasteiger partial charge in [0.15, 0.2) is 24.1 Å². The Kier molecular flexibility index (Phi) is 2.37. The van der Waals surface area contributed by atoms with Crippen molar-refractivity contribution in [1.82, 2.24) is 4.98 Å². The number of ether oxygens (including phenoxy) is 2. The minimum absolute atomic E-state index is 0.200. The first-order chi connectivity index (χ1) is 8.83. The van der Waals surface area contributed by atoms with Gasteiger partial charge in [-0.2, -0.15) is 0 Å². The minimum Gasteiger partial charge on any atom is -0.454 e. The van der Waals surface area contributed by atoms with Crippen LogP contribution in [0.25, 0.3) is 11.1 Å². The number of aldehydes is 2. The van der Waals surface area contributed by atoms with E-state index >= 15 is 0 Å². The van der Waals surface area contributed by atoms with Crippen molar-refractivity contribution in [3.05, 3.63) is 35.7 Å². The lowest BCUT2D eigenvalue weighted by atomic mass is 10.0. The van der Waals surface area contributed by atoms with Crippen molar-refractivity contribution in [1.29, 1.82) is 0 Å². The van der Waals surface area contributed by atoms with Gasteiger partial charge in [-0.15, -0.1) is 0 Å². The average molecular weight is 243 g/mol. The SMILES string of the molecule is O=Cc1[nH]cc(-c2ccc3c(c2)OCO3)c1C=O. The molecular weight excluding hydrogens is 234 g/mol. The summed E-state index contributed by atoms with van der Waals surface area (Å²) in [4.78, 5) is 24.6. The molecule has 0 amide bonds. The van der Waals surface area contributed by atoms with Gasteiger partial charge in [0.05, 0.1) is 11.3 Å². The summed E-state index contributed by atoms with van der Waals surface area (Å²) in [5, 5.41) is 0. The maximum atomic E-state index is 11.0. The van der Waals surface area contributed by atoms with Crippen LogP contribution in [-0.4, -0.2) is 24.3 Å². The van der Waals surface area contributed by atoms with Crippen LogP contribution >= 0.6 is 0 Å². The summed E-state index contributed by atoms with van der Waals surface area (Å²) in [5.74, 6) is 1.32. The Balaban J connectivity index is 2.12. The van der Waals surface area contributed by atoms with E-state index < -0.39 is 0 Å². The third-order valence-corrected chi connectivity index (χ3v) is 2.87. The van der Waals surface area contributed by atoms with Crippen LogP contribution in [-0.2, 0) is 0 Å². The number of fused-ring (bicyclic) bond motifs is 1. The first kappa shape index (κ1) is 10.6. The number of hydrogen-bond acceptors (Lipinski definition) is 4. The molecular formula is C13H9NO4. The molecule has 0 fully saturated rings. The van der Waals surface area contributed by atoms with E-state index in [4.69, 9.17) is 9.47 Å². The quantitative estimate of drug-likeness (QED) is 0.837. The maximum absolute atomic E-state index is 11.0. The molecule has 1 N–H and O–H groups in total. The summed E-state index contributed by atoms with van der Waals surface area (Å²) in [6, 6.07) is 5.38. The minimum atomic E-state index is 0.200. The summed E-state index contributed by atoms with van der Waals surface area (Å²) < 4.78 is 10.5. The van der Waals surface area contributed by atoms with E-state index in [2.05, 4.69) is 4.98 Å². The highest BCUT2D eigenvalue weighted by molar-refractivity contribution is 5.96. The van der Waals surface area contributed by atoms with Crippen LogP contribution < -0.4 is 9.47 Å². The third-order valence-electron chi connectivity index (χ3n) is 2.87. The molecule has 2 heterocycles. The predicted molar refractivity (Wildman–Crippen MR) is 63.1 cm³/mol. The van der Waals surface area contributed by atoms with Gasteiger partial charge in [0.2, 0.25) is 6.79 Å². The fraction of sp³-hybridized carbons (Fsp3) is 0.0769. The highest BCUT2D eigenvalue weighted by atomic mass is 16.7. The van der Waals surface area contributed by atoms with Crippen molar-refractivity contribution in [3.63, 3.8) is 0 Å². The lowest BCUT2D eigenvalue weighted by Crippen LogP contribution is -1.92. The first-order valence-electron chi connectivity index (χ1n) is 5.35. The number of carbonyl (C=O) groups is 2. The number of hydrogen-bond donors (Lipinski definition) is 1. The molecule has 0 spiro atoms. The summed E-state index contributed by atoms with van der Waals surface area (Å²) >= 11 is 0. The van der Waals surface area contributed by atoms with Gasteiger partial charge in [-0.05, 0) is 17.7 Å². The van der Waals surface area contributed by atoms with Gasteiger partial charge in [-0.3, -0.25) is 9.59 Å². The van der Waals surface area contributed by atoms with Gasteiger partial charge < -0.3 is 14.5 Å². The summed E-state index contributed by atoms with van der Waals surface area (Å²) in [6.07, 6.45) is 2.92. The van der Waals surface area contributed by atoms with Gasteiger partial charge >= 0.3 is 0 Å². The molecule has 2 aromatic rings. The van der Waals surface area contributed by atoms with Crippen LogP contribution in [0.5, 0.6) is 11.5 Å². The molecule has 18 heavy (non-hydrogen) atoms. The molecule has 1 aliphatic rings. The summed E-state index contributed by atoms with van der Waals surface area (Å²) in [6.45, 7) is 0.200. The highest BCUT2D eigenvalue weighted by Crippen LogP contribution is 2.36. The number of rotatable bonds is 3. The number of aromatic amines is 1. The average Bonchev–Trinajstić information content (AvgIpc) is 3.03. The van der Waals surface area contributed by atoms with Crippen LogP contribution in [0, 0.1) is 0 Å². The molecule has 1 aliphatic heterocycles. The molecule has 1 aromatic heterocycles. The lowest BCUT2D eigenvalue weighted by molar-refractivity contribution is 0.109. The van der Waals surface area contributed by atoms with Gasteiger partial charge in [0.25, 0.3) is 0 Å². The third kappa shape index (κ3) is 1.48. The summed E-state index contributed by atoms with van der Waals surface area (Å²) in [5.41, 5.74) is 2.10. The van der Waals surface area contributed by atoms with E-state index in [-0.39, 0.29) is 12.5 Å². The van der Waals surface area contributed by atoms with Crippen LogP contribution in [0.1, 0.15) is 20.8 Å². The van der Waals surface area contributed by atoms with E-state index in [0.717, 1.165) is 5.56 Å². The fourth-order valence-electron chi connectivity index (χ4n) is 1.98. The Morgan fingerprint density at radius 1 is 1.11 bits per heavy atom. The molecule has 1 aromatic carbocycles. The molecule has 3 rings (SSSR count). The first-order valence-corrected chi connectivity index (χ1v) is 5.35. The Morgan fingerprint density at radius 3 is 2.72 bits per heavy atom. The molecule has 0 saturated heterocycles. The standard InChI is InChI=1S/C13H9NO4/c15-5-10-9(4-14-11(10)6-16)8-1-2-12-13(3-8)18-7-17-12/h1-6,14H,7H2. The second kappa shape index (κ2) is 4.03. The van der Waals surface area contributed by atoms with Gasteiger partial charge in [0.1, 0.15) is 0 Å². The molecule has 0 aliphatic carbocycles. The molecule has 90 valence electrons. The Morgan fingerprint density at radius 2 is 1.94 bits per heavy atom. The van der Waals surface area contributed by atoms with Crippen LogP contribution in [0.3, 0.4) is 0 Å². The van der Waals surface area contributed by atoms with Crippen molar-refractivity contribution in [2.75, 3.05) is 6.79 Å². The van der Waals surface area contributed by atoms with E-state index in [9.17, 15) is 9.59 Å². The number of aromatic nitrogens is 1. The van der Waals surface area contributed by atoms with Crippen LogP contribution in [0.15, 0.2) is 24.4 Å². The number of nitrogens with one attached hydrogen (secondary N) is 1. The highest BCUT2D eigenvalue weighted by Gasteiger charge is 2.17. The molecule has 0 saturated carbocycles. The Hall–Kier alpha value is -2.56. The topological polar surface area (TPSA) is 68.4 Å². The number of carbonyl (C=O) groups excluding carboxylic acids is 2. The molecule has 0 bridgehead atoms. The zero-order valence-corrected chi connectivity index (χ0v) is 9.30. The second-order valence-corrected chi connectivity index (χ2v) is 3.83. The van der Waals surface area contributed by atoms with E-state index in [1.54, 1.807) is 18.3 Å². The summed E-state index contributed by atoms with van der Waals surface area (Å²) in [7, 11) is 0. The number of benzene rings is 1. The second-order valence-electron chi connectivity index (χ2n) is 3.83.